The zero-order valence-corrected chi connectivity index (χ0v) is 13.8. The maximum Gasteiger partial charge on any atom is 0.308 e. The second kappa shape index (κ2) is 7.99. The van der Waals surface area contributed by atoms with Crippen LogP contribution in [0.5, 0.6) is 5.75 Å². The number of hydrogen-bond acceptors (Lipinski definition) is 3. The third-order valence-corrected chi connectivity index (χ3v) is 4.47. The van der Waals surface area contributed by atoms with Crippen molar-refractivity contribution in [3.63, 3.8) is 0 Å². The van der Waals surface area contributed by atoms with Gasteiger partial charge < -0.3 is 15.2 Å². The number of amides is 1. The Balaban J connectivity index is 2.05. The third-order valence-electron chi connectivity index (χ3n) is 4.47. The minimum absolute atomic E-state index is 0.146. The molecule has 5 nitrogen and oxygen atoms in total. The molecular formula is C18H25NO4. The second-order valence-corrected chi connectivity index (χ2v) is 6.25. The van der Waals surface area contributed by atoms with Crippen LogP contribution in [0, 0.1) is 12.8 Å². The van der Waals surface area contributed by atoms with E-state index in [1.807, 2.05) is 25.1 Å². The number of benzene rings is 1. The number of carboxylic acids is 1. The SMILES string of the molecule is COc1ccc(C)cc1CC(=O)N[C@H]1CCCCC[C@H]1C(=O)O. The Bertz CT molecular complexity index is 570. The lowest BCUT2D eigenvalue weighted by Gasteiger charge is -2.23. The van der Waals surface area contributed by atoms with Gasteiger partial charge >= 0.3 is 5.97 Å². The van der Waals surface area contributed by atoms with E-state index < -0.39 is 11.9 Å². The zero-order valence-electron chi connectivity index (χ0n) is 13.8. The van der Waals surface area contributed by atoms with E-state index >= 15 is 0 Å². The molecule has 1 fully saturated rings. The molecule has 0 bridgehead atoms. The molecule has 1 saturated carbocycles. The number of hydrogen-bond donors (Lipinski definition) is 2. The molecule has 0 aliphatic heterocycles. The first-order valence-electron chi connectivity index (χ1n) is 8.17. The Morgan fingerprint density at radius 2 is 2.00 bits per heavy atom. The Morgan fingerprint density at radius 3 is 2.70 bits per heavy atom. The first-order valence-corrected chi connectivity index (χ1v) is 8.17. The number of aryl methyl sites for hydroxylation is 1. The van der Waals surface area contributed by atoms with Crippen LogP contribution in [0.4, 0.5) is 0 Å². The highest BCUT2D eigenvalue weighted by atomic mass is 16.5. The van der Waals surface area contributed by atoms with E-state index in [9.17, 15) is 14.7 Å². The average Bonchev–Trinajstić information content (AvgIpc) is 2.73. The topological polar surface area (TPSA) is 75.6 Å². The van der Waals surface area contributed by atoms with E-state index in [0.29, 0.717) is 12.2 Å². The van der Waals surface area contributed by atoms with Gasteiger partial charge in [0.1, 0.15) is 5.75 Å². The highest BCUT2D eigenvalue weighted by molar-refractivity contribution is 5.81. The highest BCUT2D eigenvalue weighted by Gasteiger charge is 2.30. The summed E-state index contributed by atoms with van der Waals surface area (Å²) in [7, 11) is 1.58. The molecule has 2 rings (SSSR count). The number of carbonyl (C=O) groups is 2. The molecule has 1 aliphatic rings. The fraction of sp³-hybridized carbons (Fsp3) is 0.556. The lowest BCUT2D eigenvalue weighted by atomic mass is 9.94. The van der Waals surface area contributed by atoms with Crippen LogP contribution in [0.15, 0.2) is 18.2 Å². The van der Waals surface area contributed by atoms with Crippen LogP contribution in [0.1, 0.15) is 43.2 Å². The summed E-state index contributed by atoms with van der Waals surface area (Å²) in [4.78, 5) is 23.8. The summed E-state index contributed by atoms with van der Waals surface area (Å²) in [5, 5.41) is 12.3. The summed E-state index contributed by atoms with van der Waals surface area (Å²) in [5.74, 6) is -0.764. The summed E-state index contributed by atoms with van der Waals surface area (Å²) in [5.41, 5.74) is 1.89. The summed E-state index contributed by atoms with van der Waals surface area (Å²) in [6.45, 7) is 1.96. The molecule has 1 aromatic rings. The van der Waals surface area contributed by atoms with E-state index in [1.54, 1.807) is 7.11 Å². The number of carboxylic acid groups (broad SMARTS) is 1. The number of methoxy groups -OCH3 is 1. The minimum Gasteiger partial charge on any atom is -0.496 e. The predicted octanol–water partition coefficient (Wildman–Crippen LogP) is 2.70. The van der Waals surface area contributed by atoms with Gasteiger partial charge in [-0.3, -0.25) is 9.59 Å². The van der Waals surface area contributed by atoms with Crippen molar-refractivity contribution in [3.05, 3.63) is 29.3 Å². The summed E-state index contributed by atoms with van der Waals surface area (Å²) in [6.07, 6.45) is 4.47. The number of nitrogens with one attached hydrogen (secondary N) is 1. The number of carbonyl (C=O) groups excluding carboxylic acids is 1. The van der Waals surface area contributed by atoms with Gasteiger partial charge in [-0.2, -0.15) is 0 Å². The largest absolute Gasteiger partial charge is 0.496 e. The molecule has 2 N–H and O–H groups in total. The van der Waals surface area contributed by atoms with Crippen molar-refractivity contribution in [2.24, 2.45) is 5.92 Å². The van der Waals surface area contributed by atoms with Crippen molar-refractivity contribution >= 4 is 11.9 Å². The second-order valence-electron chi connectivity index (χ2n) is 6.25. The molecule has 0 radical (unpaired) electrons. The van der Waals surface area contributed by atoms with Crippen LogP contribution < -0.4 is 10.1 Å². The molecule has 1 aliphatic carbocycles. The van der Waals surface area contributed by atoms with Gasteiger partial charge in [-0.25, -0.2) is 0 Å². The molecule has 0 heterocycles. The van der Waals surface area contributed by atoms with Crippen LogP contribution >= 0.6 is 0 Å². The van der Waals surface area contributed by atoms with Crippen molar-refractivity contribution in [2.45, 2.75) is 51.5 Å². The third kappa shape index (κ3) is 4.71. The molecule has 2 atom stereocenters. The maximum absolute atomic E-state index is 12.4. The van der Waals surface area contributed by atoms with Crippen molar-refractivity contribution < 1.29 is 19.4 Å². The van der Waals surface area contributed by atoms with Gasteiger partial charge in [-0.1, -0.05) is 37.0 Å². The fourth-order valence-electron chi connectivity index (χ4n) is 3.25. The van der Waals surface area contributed by atoms with E-state index in [-0.39, 0.29) is 18.4 Å². The Kier molecular flexibility index (Phi) is 6.02. The van der Waals surface area contributed by atoms with Gasteiger partial charge in [-0.05, 0) is 25.8 Å². The summed E-state index contributed by atoms with van der Waals surface area (Å²) < 4.78 is 5.30. The van der Waals surface area contributed by atoms with Crippen molar-refractivity contribution in [3.8, 4) is 5.75 Å². The lowest BCUT2D eigenvalue weighted by Crippen LogP contribution is -2.43. The number of aliphatic carboxylic acids is 1. The molecule has 126 valence electrons. The average molecular weight is 319 g/mol. The Morgan fingerprint density at radius 1 is 1.26 bits per heavy atom. The number of ether oxygens (including phenoxy) is 1. The molecule has 0 spiro atoms. The standard InChI is InChI=1S/C18H25NO4/c1-12-8-9-16(23-2)13(10-12)11-17(20)19-15-7-5-3-4-6-14(15)18(21)22/h8-10,14-15H,3-7,11H2,1-2H3,(H,19,20)(H,21,22)/t14-,15+/m1/s1. The first kappa shape index (κ1) is 17.3. The monoisotopic (exact) mass is 319 g/mol. The van der Waals surface area contributed by atoms with Crippen molar-refractivity contribution in [1.82, 2.24) is 5.32 Å². The van der Waals surface area contributed by atoms with Gasteiger partial charge in [0.05, 0.1) is 19.4 Å². The van der Waals surface area contributed by atoms with Crippen molar-refractivity contribution in [2.75, 3.05) is 7.11 Å². The van der Waals surface area contributed by atoms with Crippen LogP contribution in [-0.4, -0.2) is 30.1 Å². The van der Waals surface area contributed by atoms with E-state index in [4.69, 9.17) is 4.74 Å². The molecule has 0 unspecified atom stereocenters. The zero-order chi connectivity index (χ0) is 16.8. The smallest absolute Gasteiger partial charge is 0.308 e. The van der Waals surface area contributed by atoms with Gasteiger partial charge in [0.2, 0.25) is 5.91 Å². The molecule has 0 saturated heterocycles. The maximum atomic E-state index is 12.4. The number of rotatable bonds is 5. The Labute approximate surface area is 137 Å². The first-order chi connectivity index (χ1) is 11.0. The Hall–Kier alpha value is -2.04. The van der Waals surface area contributed by atoms with Crippen LogP contribution in [0.3, 0.4) is 0 Å². The van der Waals surface area contributed by atoms with E-state index in [2.05, 4.69) is 5.32 Å². The van der Waals surface area contributed by atoms with Crippen LogP contribution in [0.25, 0.3) is 0 Å². The normalized spacial score (nSPS) is 21.3. The fourth-order valence-corrected chi connectivity index (χ4v) is 3.25. The van der Waals surface area contributed by atoms with Gasteiger partial charge in [0, 0.05) is 11.6 Å². The van der Waals surface area contributed by atoms with Gasteiger partial charge in [-0.15, -0.1) is 0 Å². The van der Waals surface area contributed by atoms with E-state index in [1.165, 1.54) is 0 Å². The predicted molar refractivity (Wildman–Crippen MR) is 87.6 cm³/mol. The molecule has 0 aromatic heterocycles. The van der Waals surface area contributed by atoms with Crippen molar-refractivity contribution in [1.29, 1.82) is 0 Å². The highest BCUT2D eigenvalue weighted by Crippen LogP contribution is 2.25. The van der Waals surface area contributed by atoms with E-state index in [0.717, 1.165) is 36.8 Å². The quantitative estimate of drug-likeness (QED) is 0.818. The molecule has 1 aromatic carbocycles. The lowest BCUT2D eigenvalue weighted by molar-refractivity contribution is -0.143. The van der Waals surface area contributed by atoms with Crippen LogP contribution in [-0.2, 0) is 16.0 Å². The summed E-state index contributed by atoms with van der Waals surface area (Å²) in [6, 6.07) is 5.44. The van der Waals surface area contributed by atoms with Gasteiger partial charge in [0.15, 0.2) is 0 Å². The van der Waals surface area contributed by atoms with Gasteiger partial charge in [0.25, 0.3) is 0 Å². The summed E-state index contributed by atoms with van der Waals surface area (Å²) >= 11 is 0. The molecule has 23 heavy (non-hydrogen) atoms. The van der Waals surface area contributed by atoms with Crippen LogP contribution in [0.2, 0.25) is 0 Å². The molecule has 1 amide bonds. The molecule has 5 heteroatoms. The minimum atomic E-state index is -0.815. The molecular weight excluding hydrogens is 294 g/mol.